The lowest BCUT2D eigenvalue weighted by Gasteiger charge is -2.28. The number of methoxy groups -OCH3 is 3. The SMILES string of the molecule is COc1ccc([C@H]2C=C(c3ccccc3)Nc3c(C(=O)Nc4ccc(Cl)cc4)cnn32)c(OC)c1OC. The lowest BCUT2D eigenvalue weighted by molar-refractivity contribution is 0.102. The van der Waals surface area contributed by atoms with Crippen LogP contribution in [0.2, 0.25) is 5.02 Å². The molecule has 0 saturated carbocycles. The fraction of sp³-hybridized carbons (Fsp3) is 0.143. The number of hydrogen-bond donors (Lipinski definition) is 2. The summed E-state index contributed by atoms with van der Waals surface area (Å²) in [6.07, 6.45) is 3.59. The maximum Gasteiger partial charge on any atom is 0.261 e. The summed E-state index contributed by atoms with van der Waals surface area (Å²) in [5.74, 6) is 1.79. The average molecular weight is 517 g/mol. The number of hydrogen-bond acceptors (Lipinski definition) is 6. The van der Waals surface area contributed by atoms with Crippen LogP contribution in [-0.2, 0) is 0 Å². The Morgan fingerprint density at radius 3 is 2.35 bits per heavy atom. The van der Waals surface area contributed by atoms with Gasteiger partial charge in [-0.3, -0.25) is 4.79 Å². The highest BCUT2D eigenvalue weighted by molar-refractivity contribution is 6.30. The smallest absolute Gasteiger partial charge is 0.261 e. The summed E-state index contributed by atoms with van der Waals surface area (Å²) in [5, 5.41) is 11.5. The molecule has 188 valence electrons. The van der Waals surface area contributed by atoms with Gasteiger partial charge in [0.1, 0.15) is 17.4 Å². The predicted molar refractivity (Wildman–Crippen MR) is 144 cm³/mol. The largest absolute Gasteiger partial charge is 0.493 e. The molecule has 0 bridgehead atoms. The molecule has 0 aliphatic carbocycles. The van der Waals surface area contributed by atoms with Gasteiger partial charge in [0.2, 0.25) is 5.75 Å². The van der Waals surface area contributed by atoms with Gasteiger partial charge in [-0.1, -0.05) is 41.9 Å². The number of amides is 1. The number of aromatic nitrogens is 2. The van der Waals surface area contributed by atoms with Crippen LogP contribution in [0.25, 0.3) is 5.70 Å². The van der Waals surface area contributed by atoms with Gasteiger partial charge in [0.25, 0.3) is 5.91 Å². The van der Waals surface area contributed by atoms with E-state index in [0.29, 0.717) is 39.3 Å². The van der Waals surface area contributed by atoms with Crippen LogP contribution in [0, 0.1) is 0 Å². The zero-order valence-corrected chi connectivity index (χ0v) is 21.2. The van der Waals surface area contributed by atoms with Gasteiger partial charge in [0, 0.05) is 22.0 Å². The number of halogens is 1. The van der Waals surface area contributed by atoms with E-state index in [0.717, 1.165) is 16.8 Å². The topological polar surface area (TPSA) is 86.6 Å². The van der Waals surface area contributed by atoms with E-state index in [-0.39, 0.29) is 5.91 Å². The minimum absolute atomic E-state index is 0.302. The number of ether oxygens (including phenoxy) is 3. The molecule has 3 aromatic carbocycles. The molecule has 8 nitrogen and oxygen atoms in total. The van der Waals surface area contributed by atoms with Crippen molar-refractivity contribution in [2.75, 3.05) is 32.0 Å². The van der Waals surface area contributed by atoms with Crippen LogP contribution in [0.1, 0.15) is 27.5 Å². The number of anilines is 2. The highest BCUT2D eigenvalue weighted by Gasteiger charge is 2.31. The fourth-order valence-corrected chi connectivity index (χ4v) is 4.48. The van der Waals surface area contributed by atoms with Crippen LogP contribution < -0.4 is 24.8 Å². The number of fused-ring (bicyclic) bond motifs is 1. The normalized spacial score (nSPS) is 14.2. The van der Waals surface area contributed by atoms with E-state index < -0.39 is 6.04 Å². The van der Waals surface area contributed by atoms with Crippen LogP contribution in [0.3, 0.4) is 0 Å². The van der Waals surface area contributed by atoms with Gasteiger partial charge in [0.15, 0.2) is 11.5 Å². The molecule has 2 heterocycles. The van der Waals surface area contributed by atoms with Gasteiger partial charge in [-0.25, -0.2) is 4.68 Å². The van der Waals surface area contributed by atoms with Crippen molar-refractivity contribution >= 4 is 34.7 Å². The van der Waals surface area contributed by atoms with E-state index in [1.165, 1.54) is 0 Å². The lowest BCUT2D eigenvalue weighted by Crippen LogP contribution is -2.22. The standard InChI is InChI=1S/C28H25ClN4O4/c1-35-24-14-13-20(25(36-2)26(24)37-3)23-15-22(17-7-5-4-6-8-17)32-27-21(16-30-33(23)27)28(34)31-19-11-9-18(29)10-12-19/h4-16,23,32H,1-3H3,(H,31,34)/t23-/m1/s1. The number of benzene rings is 3. The summed E-state index contributed by atoms with van der Waals surface area (Å²) in [7, 11) is 4.72. The van der Waals surface area contributed by atoms with Crippen molar-refractivity contribution in [1.29, 1.82) is 0 Å². The third kappa shape index (κ3) is 4.59. The Morgan fingerprint density at radius 1 is 0.946 bits per heavy atom. The number of rotatable bonds is 7. The van der Waals surface area contributed by atoms with Gasteiger partial charge >= 0.3 is 0 Å². The molecule has 1 aliphatic rings. The molecule has 0 saturated heterocycles. The Bertz CT molecular complexity index is 1470. The first-order valence-electron chi connectivity index (χ1n) is 11.5. The van der Waals surface area contributed by atoms with Crippen molar-refractivity contribution in [2.24, 2.45) is 0 Å². The Kier molecular flexibility index (Phi) is 6.74. The molecule has 2 N–H and O–H groups in total. The van der Waals surface area contributed by atoms with E-state index >= 15 is 0 Å². The van der Waals surface area contributed by atoms with Gasteiger partial charge in [-0.05, 0) is 48.0 Å². The summed E-state index contributed by atoms with van der Waals surface area (Å²) in [4.78, 5) is 13.3. The van der Waals surface area contributed by atoms with Crippen LogP contribution in [0.15, 0.2) is 79.0 Å². The third-order valence-electron chi connectivity index (χ3n) is 6.12. The molecule has 0 unspecified atom stereocenters. The zero-order chi connectivity index (χ0) is 25.9. The molecule has 4 aromatic rings. The highest BCUT2D eigenvalue weighted by Crippen LogP contribution is 2.45. The molecular weight excluding hydrogens is 492 g/mol. The number of allylic oxidation sites excluding steroid dienone is 1. The van der Waals surface area contributed by atoms with Crippen molar-refractivity contribution in [3.63, 3.8) is 0 Å². The summed E-state index contributed by atoms with van der Waals surface area (Å²) in [5.41, 5.74) is 3.60. The average Bonchev–Trinajstić information content (AvgIpc) is 3.37. The summed E-state index contributed by atoms with van der Waals surface area (Å²) in [6.45, 7) is 0. The van der Waals surface area contributed by atoms with Crippen molar-refractivity contribution in [1.82, 2.24) is 9.78 Å². The maximum atomic E-state index is 13.3. The quantitative estimate of drug-likeness (QED) is 0.319. The van der Waals surface area contributed by atoms with Gasteiger partial charge < -0.3 is 24.8 Å². The molecule has 9 heteroatoms. The first-order chi connectivity index (χ1) is 18.0. The van der Waals surface area contributed by atoms with Crippen molar-refractivity contribution in [3.05, 3.63) is 101 Å². The van der Waals surface area contributed by atoms with Gasteiger partial charge in [-0.2, -0.15) is 5.10 Å². The van der Waals surface area contributed by atoms with Crippen molar-refractivity contribution in [3.8, 4) is 17.2 Å². The molecule has 1 aromatic heterocycles. The first-order valence-corrected chi connectivity index (χ1v) is 11.9. The first kappa shape index (κ1) is 24.3. The molecular formula is C28H25ClN4O4. The number of carbonyl (C=O) groups excluding carboxylic acids is 1. The van der Waals surface area contributed by atoms with Gasteiger partial charge in [-0.15, -0.1) is 0 Å². The van der Waals surface area contributed by atoms with Crippen LogP contribution in [-0.4, -0.2) is 37.0 Å². The number of carbonyl (C=O) groups is 1. The van der Waals surface area contributed by atoms with E-state index in [9.17, 15) is 4.79 Å². The Balaban J connectivity index is 1.62. The minimum atomic E-state index is -0.404. The Hall–Kier alpha value is -4.43. The van der Waals surface area contributed by atoms with E-state index in [1.807, 2.05) is 48.5 Å². The Morgan fingerprint density at radius 2 is 1.68 bits per heavy atom. The number of nitrogens with zero attached hydrogens (tertiary/aromatic N) is 2. The zero-order valence-electron chi connectivity index (χ0n) is 20.5. The molecule has 0 spiro atoms. The summed E-state index contributed by atoms with van der Waals surface area (Å²) < 4.78 is 18.6. The predicted octanol–water partition coefficient (Wildman–Crippen LogP) is 5.87. The molecule has 1 aliphatic heterocycles. The van der Waals surface area contributed by atoms with Crippen LogP contribution in [0.5, 0.6) is 17.2 Å². The van der Waals surface area contributed by atoms with Crippen LogP contribution in [0.4, 0.5) is 11.5 Å². The van der Waals surface area contributed by atoms with E-state index in [4.69, 9.17) is 25.8 Å². The van der Waals surface area contributed by atoms with Crippen molar-refractivity contribution < 1.29 is 19.0 Å². The fourth-order valence-electron chi connectivity index (χ4n) is 4.36. The molecule has 0 fully saturated rings. The molecule has 5 rings (SSSR count). The molecule has 37 heavy (non-hydrogen) atoms. The molecule has 0 radical (unpaired) electrons. The Labute approximate surface area is 219 Å². The monoisotopic (exact) mass is 516 g/mol. The summed E-state index contributed by atoms with van der Waals surface area (Å²) in [6, 6.07) is 20.1. The number of nitrogens with one attached hydrogen (secondary N) is 2. The van der Waals surface area contributed by atoms with Gasteiger partial charge in [0.05, 0.1) is 27.5 Å². The third-order valence-corrected chi connectivity index (χ3v) is 6.37. The highest BCUT2D eigenvalue weighted by atomic mass is 35.5. The van der Waals surface area contributed by atoms with E-state index in [1.54, 1.807) is 56.5 Å². The summed E-state index contributed by atoms with van der Waals surface area (Å²) >= 11 is 5.99. The molecule has 1 amide bonds. The second-order valence-electron chi connectivity index (χ2n) is 8.25. The second kappa shape index (κ2) is 10.3. The van der Waals surface area contributed by atoms with E-state index in [2.05, 4.69) is 15.7 Å². The second-order valence-corrected chi connectivity index (χ2v) is 8.69. The molecule has 1 atom stereocenters. The maximum absolute atomic E-state index is 13.3. The van der Waals surface area contributed by atoms with Crippen LogP contribution >= 0.6 is 11.6 Å². The van der Waals surface area contributed by atoms with Crippen molar-refractivity contribution in [2.45, 2.75) is 6.04 Å². The lowest BCUT2D eigenvalue weighted by atomic mass is 9.99. The minimum Gasteiger partial charge on any atom is -0.493 e.